The van der Waals surface area contributed by atoms with E-state index in [-0.39, 0.29) is 24.3 Å². The van der Waals surface area contributed by atoms with E-state index in [2.05, 4.69) is 0 Å². The maximum absolute atomic E-state index is 11.4. The van der Waals surface area contributed by atoms with Crippen molar-refractivity contribution in [1.82, 2.24) is 0 Å². The highest BCUT2D eigenvalue weighted by Gasteiger charge is 2.16. The molecular formula is C12H13NO5. The fraction of sp³-hybridized carbons (Fsp3) is 0.333. The van der Waals surface area contributed by atoms with Crippen LogP contribution >= 0.6 is 0 Å². The number of benzene rings is 1. The van der Waals surface area contributed by atoms with Crippen molar-refractivity contribution in [3.05, 3.63) is 38.9 Å². The summed E-state index contributed by atoms with van der Waals surface area (Å²) < 4.78 is 4.78. The summed E-state index contributed by atoms with van der Waals surface area (Å²) in [6.07, 6.45) is 0.458. The predicted octanol–water partition coefficient (Wildman–Crippen LogP) is 1.82. The molecule has 0 aliphatic rings. The van der Waals surface area contributed by atoms with E-state index >= 15 is 0 Å². The van der Waals surface area contributed by atoms with Crippen LogP contribution in [0.5, 0.6) is 0 Å². The molecule has 0 aromatic heterocycles. The molecule has 18 heavy (non-hydrogen) atoms. The Hall–Kier alpha value is -2.24. The minimum absolute atomic E-state index is 0.0812. The number of carbonyl (C=O) groups excluding carboxylic acids is 2. The second kappa shape index (κ2) is 5.90. The number of nitro groups is 1. The van der Waals surface area contributed by atoms with E-state index < -0.39 is 10.9 Å². The highest BCUT2D eigenvalue weighted by atomic mass is 16.6. The number of ether oxygens (including phenoxy) is 1. The maximum atomic E-state index is 11.4. The van der Waals surface area contributed by atoms with Gasteiger partial charge in [0.2, 0.25) is 0 Å². The van der Waals surface area contributed by atoms with Crippen molar-refractivity contribution >= 4 is 17.9 Å². The number of hydrogen-bond acceptors (Lipinski definition) is 5. The van der Waals surface area contributed by atoms with E-state index in [4.69, 9.17) is 4.74 Å². The van der Waals surface area contributed by atoms with Gasteiger partial charge in [0.1, 0.15) is 0 Å². The van der Waals surface area contributed by atoms with E-state index in [0.717, 1.165) is 0 Å². The zero-order chi connectivity index (χ0) is 13.7. The molecule has 96 valence electrons. The smallest absolute Gasteiger partial charge is 0.310 e. The lowest BCUT2D eigenvalue weighted by Crippen LogP contribution is -2.10. The van der Waals surface area contributed by atoms with Crippen molar-refractivity contribution in [3.63, 3.8) is 0 Å². The normalized spacial score (nSPS) is 9.89. The highest BCUT2D eigenvalue weighted by Crippen LogP contribution is 2.21. The average Bonchev–Trinajstić information content (AvgIpc) is 2.31. The van der Waals surface area contributed by atoms with Crippen LogP contribution in [0.15, 0.2) is 12.1 Å². The molecule has 0 heterocycles. The standard InChI is InChI=1S/C12H13NO5/c1-3-18-12(15)6-9-4-11(13(16)17)5-10(7-14)8(9)2/h4-5,7H,3,6H2,1-2H3. The van der Waals surface area contributed by atoms with Crippen LogP contribution < -0.4 is 0 Å². The molecule has 0 saturated carbocycles. The molecule has 1 rings (SSSR count). The first kappa shape index (κ1) is 13.8. The summed E-state index contributed by atoms with van der Waals surface area (Å²) in [4.78, 5) is 32.3. The fourth-order valence-corrected chi connectivity index (χ4v) is 1.56. The third-order valence-electron chi connectivity index (χ3n) is 2.52. The summed E-state index contributed by atoms with van der Waals surface area (Å²) in [5.41, 5.74) is 0.999. The molecule has 0 spiro atoms. The van der Waals surface area contributed by atoms with Gasteiger partial charge in [-0.25, -0.2) is 0 Å². The van der Waals surface area contributed by atoms with E-state index in [1.54, 1.807) is 13.8 Å². The molecule has 0 bridgehead atoms. The first-order valence-electron chi connectivity index (χ1n) is 5.38. The summed E-state index contributed by atoms with van der Waals surface area (Å²) in [5, 5.41) is 10.7. The van der Waals surface area contributed by atoms with Crippen LogP contribution in [0.25, 0.3) is 0 Å². The second-order valence-electron chi connectivity index (χ2n) is 3.68. The van der Waals surface area contributed by atoms with E-state index in [1.807, 2.05) is 0 Å². The highest BCUT2D eigenvalue weighted by molar-refractivity contribution is 5.81. The molecule has 6 nitrogen and oxygen atoms in total. The molecule has 0 aliphatic carbocycles. The number of nitro benzene ring substituents is 1. The van der Waals surface area contributed by atoms with Crippen LogP contribution in [0.3, 0.4) is 0 Å². The number of rotatable bonds is 5. The number of esters is 1. The summed E-state index contributed by atoms with van der Waals surface area (Å²) in [6, 6.07) is 2.48. The summed E-state index contributed by atoms with van der Waals surface area (Å²) in [7, 11) is 0. The first-order chi connectivity index (χ1) is 8.49. The van der Waals surface area contributed by atoms with Gasteiger partial charge in [0.25, 0.3) is 5.69 Å². The van der Waals surface area contributed by atoms with Gasteiger partial charge < -0.3 is 4.74 Å². The van der Waals surface area contributed by atoms with Gasteiger partial charge in [-0.2, -0.15) is 0 Å². The minimum atomic E-state index is -0.596. The number of aldehydes is 1. The molecule has 0 N–H and O–H groups in total. The quantitative estimate of drug-likeness (QED) is 0.345. The molecule has 0 fully saturated rings. The van der Waals surface area contributed by atoms with Gasteiger partial charge in [0.15, 0.2) is 6.29 Å². The minimum Gasteiger partial charge on any atom is -0.466 e. The number of carbonyl (C=O) groups is 2. The first-order valence-corrected chi connectivity index (χ1v) is 5.38. The Morgan fingerprint density at radius 3 is 2.67 bits per heavy atom. The zero-order valence-electron chi connectivity index (χ0n) is 10.1. The Bertz CT molecular complexity index is 495. The largest absolute Gasteiger partial charge is 0.466 e. The van der Waals surface area contributed by atoms with Crippen molar-refractivity contribution in [2.24, 2.45) is 0 Å². The lowest BCUT2D eigenvalue weighted by molar-refractivity contribution is -0.384. The molecular weight excluding hydrogens is 238 g/mol. The number of non-ortho nitro benzene ring substituents is 1. The molecule has 0 unspecified atom stereocenters. The van der Waals surface area contributed by atoms with Crippen LogP contribution in [-0.4, -0.2) is 23.8 Å². The summed E-state index contributed by atoms with van der Waals surface area (Å²) in [5.74, 6) is -0.474. The van der Waals surface area contributed by atoms with Crippen LogP contribution in [0.2, 0.25) is 0 Å². The van der Waals surface area contributed by atoms with Gasteiger partial charge in [-0.1, -0.05) is 0 Å². The van der Waals surface area contributed by atoms with Crippen LogP contribution in [0.4, 0.5) is 5.69 Å². The predicted molar refractivity (Wildman–Crippen MR) is 63.6 cm³/mol. The van der Waals surface area contributed by atoms with Gasteiger partial charge in [-0.15, -0.1) is 0 Å². The summed E-state index contributed by atoms with van der Waals surface area (Å²) in [6.45, 7) is 3.56. The molecule has 0 radical (unpaired) electrons. The Balaban J connectivity index is 3.16. The van der Waals surface area contributed by atoms with Gasteiger partial charge in [0.05, 0.1) is 18.0 Å². The topological polar surface area (TPSA) is 86.5 Å². The van der Waals surface area contributed by atoms with E-state index in [9.17, 15) is 19.7 Å². The Kier molecular flexibility index (Phi) is 4.53. The second-order valence-corrected chi connectivity index (χ2v) is 3.68. The summed E-state index contributed by atoms with van der Waals surface area (Å²) >= 11 is 0. The molecule has 0 aliphatic heterocycles. The van der Waals surface area contributed by atoms with Gasteiger partial charge >= 0.3 is 5.97 Å². The Morgan fingerprint density at radius 1 is 1.50 bits per heavy atom. The van der Waals surface area contributed by atoms with Crippen LogP contribution in [0, 0.1) is 17.0 Å². The van der Waals surface area contributed by atoms with Gasteiger partial charge in [0, 0.05) is 17.7 Å². The maximum Gasteiger partial charge on any atom is 0.310 e. The number of hydrogen-bond donors (Lipinski definition) is 0. The Morgan fingerprint density at radius 2 is 2.17 bits per heavy atom. The molecule has 1 aromatic rings. The van der Waals surface area contributed by atoms with Crippen molar-refractivity contribution < 1.29 is 19.2 Å². The number of nitrogens with zero attached hydrogens (tertiary/aromatic N) is 1. The van der Waals surface area contributed by atoms with E-state index in [0.29, 0.717) is 17.4 Å². The third-order valence-corrected chi connectivity index (χ3v) is 2.52. The SMILES string of the molecule is CCOC(=O)Cc1cc([N+](=O)[O-])cc(C=O)c1C. The van der Waals surface area contributed by atoms with Crippen molar-refractivity contribution in [1.29, 1.82) is 0 Å². The van der Waals surface area contributed by atoms with Crippen LogP contribution in [0.1, 0.15) is 28.4 Å². The zero-order valence-corrected chi connectivity index (χ0v) is 10.1. The molecule has 0 atom stereocenters. The van der Waals surface area contributed by atoms with Crippen molar-refractivity contribution in [2.75, 3.05) is 6.61 Å². The third kappa shape index (κ3) is 3.13. The lowest BCUT2D eigenvalue weighted by Gasteiger charge is -2.07. The lowest BCUT2D eigenvalue weighted by atomic mass is 9.99. The van der Waals surface area contributed by atoms with Crippen LogP contribution in [-0.2, 0) is 16.0 Å². The molecule has 1 aromatic carbocycles. The van der Waals surface area contributed by atoms with Crippen molar-refractivity contribution in [2.45, 2.75) is 20.3 Å². The van der Waals surface area contributed by atoms with Gasteiger partial charge in [-0.05, 0) is 25.0 Å². The van der Waals surface area contributed by atoms with Crippen molar-refractivity contribution in [3.8, 4) is 0 Å². The fourth-order valence-electron chi connectivity index (χ4n) is 1.56. The monoisotopic (exact) mass is 251 g/mol. The van der Waals surface area contributed by atoms with Gasteiger partial charge in [-0.3, -0.25) is 19.7 Å². The Labute approximate surface area is 104 Å². The molecule has 6 heteroatoms. The average molecular weight is 251 g/mol. The molecule has 0 saturated heterocycles. The van der Waals surface area contributed by atoms with E-state index in [1.165, 1.54) is 12.1 Å². The molecule has 0 amide bonds.